The molecule has 0 aromatic carbocycles. The Labute approximate surface area is 101 Å². The van der Waals surface area contributed by atoms with Gasteiger partial charge in [-0.05, 0) is 25.7 Å². The molecule has 0 aromatic rings. The minimum atomic E-state index is 0.729. The van der Waals surface area contributed by atoms with E-state index in [1.807, 2.05) is 0 Å². The van der Waals surface area contributed by atoms with Crippen molar-refractivity contribution in [2.45, 2.75) is 53.4 Å². The summed E-state index contributed by atoms with van der Waals surface area (Å²) in [5.41, 5.74) is 0. The van der Waals surface area contributed by atoms with Crippen LogP contribution in [0.5, 0.6) is 0 Å². The van der Waals surface area contributed by atoms with Gasteiger partial charge in [-0.1, -0.05) is 27.7 Å². The highest BCUT2D eigenvalue weighted by Crippen LogP contribution is 2.03. The molecule has 1 N–H and O–H groups in total. The maximum absolute atomic E-state index is 8.27. The third-order valence-electron chi connectivity index (χ3n) is 2.57. The zero-order chi connectivity index (χ0) is 12.4. The van der Waals surface area contributed by atoms with E-state index >= 15 is 0 Å². The molecular formula is C13H29N3. The first-order valence-corrected chi connectivity index (χ1v) is 6.79. The van der Waals surface area contributed by atoms with Crippen LogP contribution in [0.4, 0.5) is 0 Å². The molecular weight excluding hydrogens is 198 g/mol. The second-order valence-electron chi connectivity index (χ2n) is 4.30. The van der Waals surface area contributed by atoms with Gasteiger partial charge in [0.1, 0.15) is 0 Å². The van der Waals surface area contributed by atoms with Crippen molar-refractivity contribution < 1.29 is 0 Å². The third-order valence-corrected chi connectivity index (χ3v) is 2.57. The summed E-state index contributed by atoms with van der Waals surface area (Å²) < 4.78 is 0. The van der Waals surface area contributed by atoms with Crippen LogP contribution in [-0.2, 0) is 0 Å². The summed E-state index contributed by atoms with van der Waals surface area (Å²) in [6.07, 6.45) is 4.48. The lowest BCUT2D eigenvalue weighted by Gasteiger charge is -2.33. The molecule has 0 aliphatic heterocycles. The number of rotatable bonds is 8. The van der Waals surface area contributed by atoms with Gasteiger partial charge in [-0.2, -0.15) is 0 Å². The molecule has 0 radical (unpaired) electrons. The van der Waals surface area contributed by atoms with E-state index in [0.717, 1.165) is 57.8 Å². The second-order valence-corrected chi connectivity index (χ2v) is 4.30. The zero-order valence-electron chi connectivity index (χ0n) is 11.6. The van der Waals surface area contributed by atoms with Gasteiger partial charge in [0.15, 0.2) is 5.96 Å². The predicted octanol–water partition coefficient (Wildman–Crippen LogP) is 3.17. The van der Waals surface area contributed by atoms with Crippen LogP contribution >= 0.6 is 0 Å². The molecule has 0 aliphatic carbocycles. The van der Waals surface area contributed by atoms with Gasteiger partial charge in [0.2, 0.25) is 0 Å². The smallest absolute Gasteiger partial charge is 0.193 e. The Kier molecular flexibility index (Phi) is 9.06. The molecule has 0 saturated carbocycles. The van der Waals surface area contributed by atoms with Gasteiger partial charge in [0.25, 0.3) is 0 Å². The lowest BCUT2D eigenvalue weighted by molar-refractivity contribution is 0.310. The summed E-state index contributed by atoms with van der Waals surface area (Å²) in [4.78, 5) is 4.43. The van der Waals surface area contributed by atoms with Crippen molar-refractivity contribution in [3.63, 3.8) is 0 Å². The molecule has 0 bridgehead atoms. The summed E-state index contributed by atoms with van der Waals surface area (Å²) in [5.74, 6) is 0.729. The third kappa shape index (κ3) is 5.38. The first kappa shape index (κ1) is 15.3. The van der Waals surface area contributed by atoms with Gasteiger partial charge in [-0.3, -0.25) is 5.41 Å². The molecule has 0 atom stereocenters. The van der Waals surface area contributed by atoms with Gasteiger partial charge < -0.3 is 9.80 Å². The van der Waals surface area contributed by atoms with Crippen LogP contribution in [-0.4, -0.2) is 41.9 Å². The van der Waals surface area contributed by atoms with Crippen molar-refractivity contribution in [3.8, 4) is 0 Å². The van der Waals surface area contributed by atoms with E-state index in [0.29, 0.717) is 0 Å². The second kappa shape index (κ2) is 9.49. The molecule has 0 aromatic heterocycles. The summed E-state index contributed by atoms with van der Waals surface area (Å²) >= 11 is 0. The van der Waals surface area contributed by atoms with E-state index in [9.17, 15) is 0 Å². The molecule has 0 spiro atoms. The Morgan fingerprint density at radius 3 is 1.12 bits per heavy atom. The molecule has 0 fully saturated rings. The van der Waals surface area contributed by atoms with Crippen LogP contribution in [0.25, 0.3) is 0 Å². The molecule has 0 saturated heterocycles. The number of hydrogen-bond acceptors (Lipinski definition) is 1. The lowest BCUT2D eigenvalue weighted by atomic mass is 10.3. The average molecular weight is 227 g/mol. The highest BCUT2D eigenvalue weighted by Gasteiger charge is 2.14. The monoisotopic (exact) mass is 227 g/mol. The van der Waals surface area contributed by atoms with E-state index in [-0.39, 0.29) is 0 Å². The fourth-order valence-electron chi connectivity index (χ4n) is 1.93. The maximum atomic E-state index is 8.27. The highest BCUT2D eigenvalue weighted by atomic mass is 15.4. The Morgan fingerprint density at radius 2 is 0.938 bits per heavy atom. The zero-order valence-corrected chi connectivity index (χ0v) is 11.6. The fraction of sp³-hybridized carbons (Fsp3) is 0.923. The van der Waals surface area contributed by atoms with Crippen molar-refractivity contribution in [1.29, 1.82) is 5.41 Å². The van der Waals surface area contributed by atoms with Crippen molar-refractivity contribution in [2.75, 3.05) is 26.2 Å². The first-order chi connectivity index (χ1) is 7.71. The van der Waals surface area contributed by atoms with Crippen LogP contribution < -0.4 is 0 Å². The van der Waals surface area contributed by atoms with Gasteiger partial charge in [-0.25, -0.2) is 0 Å². The Morgan fingerprint density at radius 1 is 0.688 bits per heavy atom. The van der Waals surface area contributed by atoms with Crippen LogP contribution in [0.2, 0.25) is 0 Å². The minimum Gasteiger partial charge on any atom is -0.343 e. The topological polar surface area (TPSA) is 30.3 Å². The molecule has 16 heavy (non-hydrogen) atoms. The fourth-order valence-corrected chi connectivity index (χ4v) is 1.93. The summed E-state index contributed by atoms with van der Waals surface area (Å²) in [5, 5.41) is 8.27. The largest absolute Gasteiger partial charge is 0.343 e. The molecule has 0 heterocycles. The van der Waals surface area contributed by atoms with Crippen molar-refractivity contribution in [3.05, 3.63) is 0 Å². The molecule has 0 amide bonds. The number of nitrogens with zero attached hydrogens (tertiary/aromatic N) is 2. The summed E-state index contributed by atoms with van der Waals surface area (Å²) in [7, 11) is 0. The van der Waals surface area contributed by atoms with Gasteiger partial charge >= 0.3 is 0 Å². The average Bonchev–Trinajstić information content (AvgIpc) is 2.27. The van der Waals surface area contributed by atoms with Crippen molar-refractivity contribution in [2.24, 2.45) is 0 Å². The van der Waals surface area contributed by atoms with E-state index in [2.05, 4.69) is 37.5 Å². The highest BCUT2D eigenvalue weighted by molar-refractivity contribution is 5.76. The minimum absolute atomic E-state index is 0.729. The molecule has 3 nitrogen and oxygen atoms in total. The Bertz CT molecular complexity index is 150. The Balaban J connectivity index is 4.38. The normalized spacial score (nSPS) is 10.2. The predicted molar refractivity (Wildman–Crippen MR) is 72.0 cm³/mol. The van der Waals surface area contributed by atoms with Crippen LogP contribution in [0.3, 0.4) is 0 Å². The van der Waals surface area contributed by atoms with Gasteiger partial charge in [0.05, 0.1) is 0 Å². The van der Waals surface area contributed by atoms with E-state index in [1.54, 1.807) is 0 Å². The quantitative estimate of drug-likeness (QED) is 0.510. The van der Waals surface area contributed by atoms with Crippen LogP contribution in [0.1, 0.15) is 53.4 Å². The maximum Gasteiger partial charge on any atom is 0.193 e. The van der Waals surface area contributed by atoms with E-state index in [4.69, 9.17) is 5.41 Å². The van der Waals surface area contributed by atoms with E-state index < -0.39 is 0 Å². The Hall–Kier alpha value is -0.730. The number of hydrogen-bond donors (Lipinski definition) is 1. The number of nitrogens with one attached hydrogen (secondary N) is 1. The van der Waals surface area contributed by atoms with Crippen molar-refractivity contribution >= 4 is 5.96 Å². The standard InChI is InChI=1S/C13H29N3/c1-5-9-15(10-6-2)13(14)16(11-7-3)12-8-4/h14H,5-12H2,1-4H3. The first-order valence-electron chi connectivity index (χ1n) is 6.79. The van der Waals surface area contributed by atoms with Crippen LogP contribution in [0, 0.1) is 5.41 Å². The molecule has 0 unspecified atom stereocenters. The van der Waals surface area contributed by atoms with Crippen molar-refractivity contribution in [1.82, 2.24) is 9.80 Å². The molecule has 96 valence electrons. The SMILES string of the molecule is CCCN(CCC)C(=N)N(CCC)CCC. The van der Waals surface area contributed by atoms with Crippen LogP contribution in [0.15, 0.2) is 0 Å². The summed E-state index contributed by atoms with van der Waals surface area (Å²) in [6, 6.07) is 0. The number of guanidine groups is 1. The molecule has 0 aliphatic rings. The molecule has 0 rings (SSSR count). The van der Waals surface area contributed by atoms with Gasteiger partial charge in [-0.15, -0.1) is 0 Å². The van der Waals surface area contributed by atoms with Gasteiger partial charge in [0, 0.05) is 26.2 Å². The molecule has 3 heteroatoms. The lowest BCUT2D eigenvalue weighted by Crippen LogP contribution is -2.45. The summed E-state index contributed by atoms with van der Waals surface area (Å²) in [6.45, 7) is 12.8. The van der Waals surface area contributed by atoms with E-state index in [1.165, 1.54) is 0 Å².